The number of hydrogen-bond acceptors (Lipinski definition) is 10. The first-order valence-electron chi connectivity index (χ1n) is 9.64. The first-order chi connectivity index (χ1) is 15.6. The van der Waals surface area contributed by atoms with Crippen LogP contribution in [0.25, 0.3) is 20.9 Å². The Morgan fingerprint density at radius 1 is 0.719 bits per heavy atom. The van der Waals surface area contributed by atoms with Gasteiger partial charge in [0.2, 0.25) is 0 Å². The van der Waals surface area contributed by atoms with Crippen LogP contribution in [0.5, 0.6) is 0 Å². The maximum Gasteiger partial charge on any atom is 0.338 e. The molecule has 0 N–H and O–H groups in total. The Balaban J connectivity index is 0.000000181. The molecule has 0 bridgehead atoms. The van der Waals surface area contributed by atoms with Crippen molar-refractivity contribution in [2.75, 3.05) is 13.2 Å². The van der Waals surface area contributed by atoms with Gasteiger partial charge in [-0.25, -0.2) is 29.5 Å². The van der Waals surface area contributed by atoms with E-state index in [-0.39, 0.29) is 11.9 Å². The molecule has 0 fully saturated rings. The van der Waals surface area contributed by atoms with Crippen LogP contribution in [0.2, 0.25) is 0 Å². The van der Waals surface area contributed by atoms with Gasteiger partial charge < -0.3 is 9.47 Å². The lowest BCUT2D eigenvalue weighted by Crippen LogP contribution is -2.02. The van der Waals surface area contributed by atoms with Crippen LogP contribution in [-0.4, -0.2) is 45.1 Å². The number of thiophene rings is 2. The molecular weight excluding hydrogens is 448 g/mol. The summed E-state index contributed by atoms with van der Waals surface area (Å²) in [5, 5.41) is 3.56. The molecule has 0 saturated carbocycles. The van der Waals surface area contributed by atoms with E-state index >= 15 is 0 Å². The summed E-state index contributed by atoms with van der Waals surface area (Å²) < 4.78 is 9.83. The van der Waals surface area contributed by atoms with Gasteiger partial charge in [0.1, 0.15) is 12.7 Å². The molecule has 0 unspecified atom stereocenters. The predicted molar refractivity (Wildman–Crippen MR) is 123 cm³/mol. The quantitative estimate of drug-likeness (QED) is 0.373. The van der Waals surface area contributed by atoms with E-state index in [1.807, 2.05) is 0 Å². The van der Waals surface area contributed by atoms with Gasteiger partial charge in [-0.2, -0.15) is 0 Å². The molecule has 4 heterocycles. The number of carbonyl (C=O) groups excluding carboxylic acids is 2. The van der Waals surface area contributed by atoms with Gasteiger partial charge in [0.25, 0.3) is 0 Å². The molecule has 8 nitrogen and oxygen atoms in total. The van der Waals surface area contributed by atoms with Gasteiger partial charge in [0.15, 0.2) is 0 Å². The Bertz CT molecular complexity index is 1060. The van der Waals surface area contributed by atoms with E-state index in [1.54, 1.807) is 61.5 Å². The lowest BCUT2D eigenvalue weighted by Gasteiger charge is -1.97. The van der Waals surface area contributed by atoms with E-state index in [1.165, 1.54) is 35.3 Å². The summed E-state index contributed by atoms with van der Waals surface area (Å²) >= 11 is 2.95. The molecule has 0 spiro atoms. The van der Waals surface area contributed by atoms with Crippen molar-refractivity contribution >= 4 is 34.6 Å². The summed E-state index contributed by atoms with van der Waals surface area (Å²) in [6, 6.07) is 3.59. The molecule has 4 rings (SSSR count). The molecule has 164 valence electrons. The fraction of sp³-hybridized carbons (Fsp3) is 0.182. The third-order valence-electron chi connectivity index (χ3n) is 3.91. The smallest absolute Gasteiger partial charge is 0.338 e. The molecular formula is C22H20N4O4S2. The van der Waals surface area contributed by atoms with E-state index in [9.17, 15) is 9.59 Å². The summed E-state index contributed by atoms with van der Waals surface area (Å²) in [6.45, 7) is 4.35. The van der Waals surface area contributed by atoms with Crippen LogP contribution < -0.4 is 0 Å². The second kappa shape index (κ2) is 11.8. The lowest BCUT2D eigenvalue weighted by molar-refractivity contribution is 0.0517. The number of hydrogen-bond donors (Lipinski definition) is 0. The molecule has 0 saturated heterocycles. The zero-order valence-electron chi connectivity index (χ0n) is 17.4. The zero-order chi connectivity index (χ0) is 22.8. The molecule has 4 aromatic rings. The largest absolute Gasteiger partial charge is 0.462 e. The summed E-state index contributed by atoms with van der Waals surface area (Å²) in [5.41, 5.74) is 2.96. The van der Waals surface area contributed by atoms with Gasteiger partial charge in [0, 0.05) is 56.4 Å². The van der Waals surface area contributed by atoms with E-state index in [2.05, 4.69) is 19.9 Å². The van der Waals surface area contributed by atoms with E-state index in [0.29, 0.717) is 24.3 Å². The Labute approximate surface area is 193 Å². The molecule has 0 aromatic carbocycles. The SMILES string of the molecule is CCOC(=O)c1csc(-c2cncnc2)c1.CCOC(=O)c1csc(-c2cncnc2)c1. The number of carbonyl (C=O) groups is 2. The fourth-order valence-corrected chi connectivity index (χ4v) is 4.18. The van der Waals surface area contributed by atoms with Gasteiger partial charge in [-0.05, 0) is 26.0 Å². The normalized spacial score (nSPS) is 10.1. The Hall–Kier alpha value is -3.50. The average molecular weight is 469 g/mol. The highest BCUT2D eigenvalue weighted by Crippen LogP contribution is 2.27. The van der Waals surface area contributed by atoms with Crippen molar-refractivity contribution in [3.05, 3.63) is 71.5 Å². The summed E-state index contributed by atoms with van der Waals surface area (Å²) in [4.78, 5) is 40.5. The predicted octanol–water partition coefficient (Wildman–Crippen LogP) is 4.76. The van der Waals surface area contributed by atoms with Crippen LogP contribution in [-0.2, 0) is 9.47 Å². The summed E-state index contributed by atoms with van der Waals surface area (Å²) in [5.74, 6) is -0.580. The Kier molecular flexibility index (Phi) is 8.52. The molecule has 4 aromatic heterocycles. The van der Waals surface area contributed by atoms with Gasteiger partial charge in [-0.15, -0.1) is 22.7 Å². The van der Waals surface area contributed by atoms with Crippen LogP contribution in [0.1, 0.15) is 34.6 Å². The van der Waals surface area contributed by atoms with Crippen molar-refractivity contribution in [3.8, 4) is 20.9 Å². The molecule has 0 aliphatic rings. The zero-order valence-corrected chi connectivity index (χ0v) is 19.1. The molecule has 0 aliphatic heterocycles. The third kappa shape index (κ3) is 6.25. The topological polar surface area (TPSA) is 104 Å². The number of ether oxygens (including phenoxy) is 2. The molecule has 0 radical (unpaired) electrons. The molecule has 0 amide bonds. The first kappa shape index (κ1) is 23.2. The molecule has 0 aliphatic carbocycles. The first-order valence-corrected chi connectivity index (χ1v) is 11.4. The lowest BCUT2D eigenvalue weighted by atomic mass is 10.2. The van der Waals surface area contributed by atoms with Crippen LogP contribution in [0.15, 0.2) is 60.3 Å². The highest BCUT2D eigenvalue weighted by Gasteiger charge is 2.11. The highest BCUT2D eigenvalue weighted by atomic mass is 32.1. The fourth-order valence-electron chi connectivity index (χ4n) is 2.47. The number of esters is 2. The monoisotopic (exact) mass is 468 g/mol. The second-order valence-corrected chi connectivity index (χ2v) is 7.92. The number of nitrogens with zero attached hydrogens (tertiary/aromatic N) is 4. The van der Waals surface area contributed by atoms with Crippen LogP contribution in [0.4, 0.5) is 0 Å². The van der Waals surface area contributed by atoms with Crippen molar-refractivity contribution in [2.45, 2.75) is 13.8 Å². The van der Waals surface area contributed by atoms with Crippen LogP contribution in [0.3, 0.4) is 0 Å². The Morgan fingerprint density at radius 2 is 1.09 bits per heavy atom. The van der Waals surface area contributed by atoms with Crippen LogP contribution >= 0.6 is 22.7 Å². The maximum atomic E-state index is 11.4. The molecule has 0 atom stereocenters. The van der Waals surface area contributed by atoms with Gasteiger partial charge in [-0.1, -0.05) is 0 Å². The van der Waals surface area contributed by atoms with E-state index in [4.69, 9.17) is 9.47 Å². The maximum absolute atomic E-state index is 11.4. The van der Waals surface area contributed by atoms with Gasteiger partial charge >= 0.3 is 11.9 Å². The minimum Gasteiger partial charge on any atom is -0.462 e. The van der Waals surface area contributed by atoms with Crippen molar-refractivity contribution in [3.63, 3.8) is 0 Å². The average Bonchev–Trinajstić information content (AvgIpc) is 3.52. The second-order valence-electron chi connectivity index (χ2n) is 6.09. The van der Waals surface area contributed by atoms with Gasteiger partial charge in [0.05, 0.1) is 24.3 Å². The van der Waals surface area contributed by atoms with Crippen molar-refractivity contribution < 1.29 is 19.1 Å². The standard InChI is InChI=1S/2C11H10N2O2S/c2*1-2-15-11(14)8-3-10(16-6-8)9-4-12-7-13-5-9/h2*3-7H,2H2,1H3. The van der Waals surface area contributed by atoms with Crippen LogP contribution in [0, 0.1) is 0 Å². The number of aromatic nitrogens is 4. The summed E-state index contributed by atoms with van der Waals surface area (Å²) in [6.07, 6.45) is 9.82. The van der Waals surface area contributed by atoms with Gasteiger partial charge in [-0.3, -0.25) is 0 Å². The summed E-state index contributed by atoms with van der Waals surface area (Å²) in [7, 11) is 0. The Morgan fingerprint density at radius 3 is 1.44 bits per heavy atom. The van der Waals surface area contributed by atoms with E-state index in [0.717, 1.165) is 20.9 Å². The molecule has 32 heavy (non-hydrogen) atoms. The highest BCUT2D eigenvalue weighted by molar-refractivity contribution is 7.14. The number of rotatable bonds is 6. The molecule has 10 heteroatoms. The van der Waals surface area contributed by atoms with Crippen molar-refractivity contribution in [2.24, 2.45) is 0 Å². The van der Waals surface area contributed by atoms with Crippen molar-refractivity contribution in [1.82, 2.24) is 19.9 Å². The third-order valence-corrected chi connectivity index (χ3v) is 5.87. The minimum atomic E-state index is -0.290. The van der Waals surface area contributed by atoms with E-state index < -0.39 is 0 Å². The minimum absolute atomic E-state index is 0.290. The van der Waals surface area contributed by atoms with Crippen molar-refractivity contribution in [1.29, 1.82) is 0 Å².